The number of amides is 2. The normalized spacial score (nSPS) is 28.9. The second-order valence-electron chi connectivity index (χ2n) is 15.4. The summed E-state index contributed by atoms with van der Waals surface area (Å²) in [6.07, 6.45) is 14.8. The van der Waals surface area contributed by atoms with Crippen LogP contribution in [0.2, 0.25) is 0 Å². The molecule has 3 aliphatic heterocycles. The topological polar surface area (TPSA) is 101 Å². The lowest BCUT2D eigenvalue weighted by atomic mass is 9.74. The number of hydrogen-bond donors (Lipinski definition) is 1. The van der Waals surface area contributed by atoms with Crippen LogP contribution in [0.5, 0.6) is 5.75 Å². The van der Waals surface area contributed by atoms with Crippen LogP contribution < -0.4 is 9.46 Å². The molecule has 9 nitrogen and oxygen atoms in total. The predicted octanol–water partition coefficient (Wildman–Crippen LogP) is 5.28. The molecule has 2 bridgehead atoms. The van der Waals surface area contributed by atoms with Crippen molar-refractivity contribution >= 4 is 32.7 Å². The number of methoxy groups -OCH3 is 1. The van der Waals surface area contributed by atoms with Crippen LogP contribution in [0.3, 0.4) is 0 Å². The molecule has 2 saturated carbocycles. The molecule has 2 amide bonds. The van der Waals surface area contributed by atoms with Gasteiger partial charge in [-0.05, 0) is 85.9 Å². The Morgan fingerprint density at radius 1 is 0.979 bits per heavy atom. The number of nitrogens with zero attached hydrogens (tertiary/aromatic N) is 3. The van der Waals surface area contributed by atoms with E-state index in [-0.39, 0.29) is 29.8 Å². The molecule has 0 spiro atoms. The number of carbonyl (C=O) groups excluding carboxylic acids is 2. The number of likely N-dealkylation sites (N-methyl/N-ethyl adjacent to an activating group) is 1. The van der Waals surface area contributed by atoms with Gasteiger partial charge in [-0.2, -0.15) is 0 Å². The molecule has 0 radical (unpaired) electrons. The highest BCUT2D eigenvalue weighted by Gasteiger charge is 2.52. The number of ether oxygens (including phenoxy) is 1. The fourth-order valence-corrected chi connectivity index (χ4v) is 11.8. The van der Waals surface area contributed by atoms with E-state index in [0.29, 0.717) is 37.3 Å². The molecule has 1 aromatic carbocycles. The van der Waals surface area contributed by atoms with E-state index in [0.717, 1.165) is 84.3 Å². The molecule has 4 aliphatic carbocycles. The summed E-state index contributed by atoms with van der Waals surface area (Å²) >= 11 is 0. The average Bonchev–Trinajstić information content (AvgIpc) is 3.36. The summed E-state index contributed by atoms with van der Waals surface area (Å²) in [5.41, 5.74) is 6.76. The van der Waals surface area contributed by atoms with Gasteiger partial charge in [0.1, 0.15) is 5.75 Å². The molecule has 48 heavy (non-hydrogen) atoms. The summed E-state index contributed by atoms with van der Waals surface area (Å²) in [4.78, 5) is 33.0. The van der Waals surface area contributed by atoms with E-state index in [2.05, 4.69) is 56.5 Å². The van der Waals surface area contributed by atoms with E-state index >= 15 is 0 Å². The van der Waals surface area contributed by atoms with Crippen molar-refractivity contribution in [2.45, 2.75) is 106 Å². The average molecular weight is 671 g/mol. The Balaban J connectivity index is 1.18. The van der Waals surface area contributed by atoms with Crippen LogP contribution in [-0.4, -0.2) is 79.2 Å². The Hall–Kier alpha value is -3.37. The maximum absolute atomic E-state index is 14.6. The number of benzene rings is 1. The molecule has 4 fully saturated rings. The highest BCUT2D eigenvalue weighted by Crippen LogP contribution is 2.56. The SMILES string of the molecule is COc1ccc(C2CCCCC2)c2c1cc1n2CC2=C(C(=O)NS(=O)(=O)C3CCCC3)C2=C2C=CC[C@@H](C(=O)N3C4CC3CN(C)C4)C21. The maximum Gasteiger partial charge on any atom is 0.265 e. The van der Waals surface area contributed by atoms with E-state index in [1.165, 1.54) is 24.8 Å². The highest BCUT2D eigenvalue weighted by molar-refractivity contribution is 7.90. The largest absolute Gasteiger partial charge is 0.496 e. The number of allylic oxidation sites excluding steroid dienone is 4. The second kappa shape index (κ2) is 11.3. The molecular weight excluding hydrogens is 625 g/mol. The molecule has 2 saturated heterocycles. The molecule has 254 valence electrons. The summed E-state index contributed by atoms with van der Waals surface area (Å²) in [7, 11) is 0.0811. The van der Waals surface area contributed by atoms with Crippen molar-refractivity contribution in [2.24, 2.45) is 5.92 Å². The van der Waals surface area contributed by atoms with Crippen LogP contribution in [0, 0.1) is 5.92 Å². The van der Waals surface area contributed by atoms with Gasteiger partial charge in [0.05, 0.1) is 29.4 Å². The summed E-state index contributed by atoms with van der Waals surface area (Å²) in [6.45, 7) is 2.27. The molecule has 7 aliphatic rings. The molecular formula is C38H46N4O5S. The lowest BCUT2D eigenvalue weighted by Crippen LogP contribution is -2.70. The minimum absolute atomic E-state index is 0.201. The van der Waals surface area contributed by atoms with Gasteiger partial charge in [0.2, 0.25) is 15.9 Å². The zero-order valence-corrected chi connectivity index (χ0v) is 28.9. The van der Waals surface area contributed by atoms with Crippen molar-refractivity contribution in [3.8, 4) is 5.75 Å². The number of carbonyl (C=O) groups is 2. The van der Waals surface area contributed by atoms with Gasteiger partial charge in [0.15, 0.2) is 0 Å². The van der Waals surface area contributed by atoms with Gasteiger partial charge in [-0.3, -0.25) is 9.59 Å². The maximum atomic E-state index is 14.6. The molecule has 1 N–H and O–H groups in total. The minimum Gasteiger partial charge on any atom is -0.496 e. The van der Waals surface area contributed by atoms with Gasteiger partial charge in [0.25, 0.3) is 5.91 Å². The number of nitrogens with one attached hydrogen (secondary N) is 1. The van der Waals surface area contributed by atoms with E-state index in [4.69, 9.17) is 4.74 Å². The third-order valence-electron chi connectivity index (χ3n) is 12.6. The van der Waals surface area contributed by atoms with E-state index < -0.39 is 21.2 Å². The molecule has 3 unspecified atom stereocenters. The number of aromatic nitrogens is 1. The van der Waals surface area contributed by atoms with Crippen LogP contribution in [-0.2, 0) is 26.2 Å². The van der Waals surface area contributed by atoms with E-state index in [1.54, 1.807) is 7.11 Å². The van der Waals surface area contributed by atoms with Crippen molar-refractivity contribution in [1.82, 2.24) is 19.1 Å². The van der Waals surface area contributed by atoms with E-state index in [9.17, 15) is 18.0 Å². The van der Waals surface area contributed by atoms with Crippen molar-refractivity contribution in [3.05, 3.63) is 63.9 Å². The van der Waals surface area contributed by atoms with Crippen LogP contribution in [0.1, 0.15) is 93.7 Å². The number of hydrogen-bond acceptors (Lipinski definition) is 6. The zero-order valence-electron chi connectivity index (χ0n) is 28.0. The quantitative estimate of drug-likeness (QED) is 0.449. The summed E-state index contributed by atoms with van der Waals surface area (Å²) in [6, 6.07) is 7.07. The van der Waals surface area contributed by atoms with Crippen molar-refractivity contribution < 1.29 is 22.7 Å². The van der Waals surface area contributed by atoms with Crippen molar-refractivity contribution in [2.75, 3.05) is 27.2 Å². The second-order valence-corrected chi connectivity index (χ2v) is 17.4. The van der Waals surface area contributed by atoms with Crippen LogP contribution in [0.4, 0.5) is 0 Å². The van der Waals surface area contributed by atoms with Gasteiger partial charge in [0, 0.05) is 48.7 Å². The van der Waals surface area contributed by atoms with Crippen molar-refractivity contribution in [3.63, 3.8) is 0 Å². The molecule has 1 aromatic heterocycles. The predicted molar refractivity (Wildman–Crippen MR) is 184 cm³/mol. The zero-order chi connectivity index (χ0) is 32.9. The van der Waals surface area contributed by atoms with Crippen LogP contribution in [0.25, 0.3) is 10.9 Å². The summed E-state index contributed by atoms with van der Waals surface area (Å²) in [5.74, 6) is 0.384. The number of piperidine rings is 1. The highest BCUT2D eigenvalue weighted by atomic mass is 32.2. The van der Waals surface area contributed by atoms with Gasteiger partial charge < -0.3 is 19.1 Å². The summed E-state index contributed by atoms with van der Waals surface area (Å²) < 4.78 is 37.3. The Bertz CT molecular complexity index is 1910. The number of fused-ring (bicyclic) bond motifs is 8. The monoisotopic (exact) mass is 670 g/mol. The molecule has 4 heterocycles. The summed E-state index contributed by atoms with van der Waals surface area (Å²) in [5, 5.41) is 0.538. The van der Waals surface area contributed by atoms with Gasteiger partial charge in [-0.15, -0.1) is 0 Å². The fraction of sp³-hybridized carbons (Fsp3) is 0.579. The van der Waals surface area contributed by atoms with Gasteiger partial charge in [-0.25, -0.2) is 13.1 Å². The molecule has 4 atom stereocenters. The first-order valence-corrected chi connectivity index (χ1v) is 19.7. The lowest BCUT2D eigenvalue weighted by Gasteiger charge is -2.57. The first-order chi connectivity index (χ1) is 23.2. The fourth-order valence-electron chi connectivity index (χ4n) is 10.3. The Kier molecular flexibility index (Phi) is 7.24. The van der Waals surface area contributed by atoms with Crippen LogP contribution >= 0.6 is 0 Å². The number of piperazine rings is 1. The smallest absolute Gasteiger partial charge is 0.265 e. The number of likely N-dealkylation sites (tertiary alicyclic amines) is 2. The van der Waals surface area contributed by atoms with Crippen LogP contribution in [0.15, 0.2) is 52.6 Å². The molecule has 10 heteroatoms. The Morgan fingerprint density at radius 3 is 2.44 bits per heavy atom. The van der Waals surface area contributed by atoms with Crippen molar-refractivity contribution in [1.29, 1.82) is 0 Å². The van der Waals surface area contributed by atoms with Gasteiger partial charge >= 0.3 is 0 Å². The third-order valence-corrected chi connectivity index (χ3v) is 14.5. The van der Waals surface area contributed by atoms with E-state index in [1.807, 2.05) is 0 Å². The number of rotatable bonds is 6. The Labute approximate surface area is 283 Å². The third kappa shape index (κ3) is 4.68. The standard InChI is InChI=1S/C38H46N4O5S/c1-40-19-23-17-24(20-40)42(23)38(44)28-14-8-13-27-33(28)31-18-29-32(47-2)16-15-26(22-9-4-3-5-10-22)36(29)41(31)21-30-34(27)35(30)37(43)39-48(45,46)25-11-6-7-12-25/h8,13,15-16,18,22-25,28,33H,3-7,9-12,14,17,19-21H2,1-2H3,(H,39,43)/t23?,24?,28-,33?/m1/s1. The lowest BCUT2D eigenvalue weighted by molar-refractivity contribution is -0.158. The van der Waals surface area contributed by atoms with Gasteiger partial charge in [-0.1, -0.05) is 50.3 Å². The minimum atomic E-state index is -3.77. The molecule has 9 rings (SSSR count). The Morgan fingerprint density at radius 2 is 1.71 bits per heavy atom. The first-order valence-electron chi connectivity index (χ1n) is 18.2. The number of sulfonamides is 1. The first kappa shape index (κ1) is 30.7. The molecule has 2 aromatic rings.